The van der Waals surface area contributed by atoms with Crippen LogP contribution < -0.4 is 4.31 Å². The summed E-state index contributed by atoms with van der Waals surface area (Å²) in [7, 11) is -1.51. The summed E-state index contributed by atoms with van der Waals surface area (Å²) in [6, 6.07) is 8.16. The number of benzene rings is 1. The number of para-hydroxylation sites is 1. The van der Waals surface area contributed by atoms with Crippen LogP contribution in [0.5, 0.6) is 0 Å². The number of anilines is 1. The number of esters is 1. The van der Waals surface area contributed by atoms with Crippen LogP contribution >= 0.6 is 0 Å². The molecule has 19 heavy (non-hydrogen) atoms. The first-order valence-corrected chi connectivity index (χ1v) is 6.91. The zero-order valence-electron chi connectivity index (χ0n) is 10.8. The Bertz CT molecular complexity index is 619. The molecular weight excluding hydrogens is 268 g/mol. The van der Waals surface area contributed by atoms with Crippen molar-refractivity contribution in [3.05, 3.63) is 29.8 Å². The van der Waals surface area contributed by atoms with Gasteiger partial charge in [0.05, 0.1) is 18.4 Å². The number of hydrogen-bond acceptors (Lipinski definition) is 5. The number of carbonyl (C=O) groups excluding carboxylic acids is 1. The summed E-state index contributed by atoms with van der Waals surface area (Å²) < 4.78 is 29.8. The van der Waals surface area contributed by atoms with Crippen molar-refractivity contribution in [1.29, 1.82) is 5.26 Å². The van der Waals surface area contributed by atoms with Crippen LogP contribution in [-0.2, 0) is 19.6 Å². The van der Waals surface area contributed by atoms with Crippen molar-refractivity contribution in [2.24, 2.45) is 0 Å². The van der Waals surface area contributed by atoms with E-state index in [0.29, 0.717) is 0 Å². The van der Waals surface area contributed by atoms with Gasteiger partial charge in [0.15, 0.2) is 5.25 Å². The van der Waals surface area contributed by atoms with Crippen LogP contribution in [0.4, 0.5) is 5.69 Å². The monoisotopic (exact) mass is 282 g/mol. The Morgan fingerprint density at radius 3 is 2.53 bits per heavy atom. The molecular formula is C12H14N2O4S. The third-order valence-corrected chi connectivity index (χ3v) is 4.77. The van der Waals surface area contributed by atoms with Crippen molar-refractivity contribution in [3.63, 3.8) is 0 Å². The Balaban J connectivity index is 3.23. The summed E-state index contributed by atoms with van der Waals surface area (Å²) >= 11 is 0. The molecule has 0 aromatic heterocycles. The van der Waals surface area contributed by atoms with Gasteiger partial charge in [-0.15, -0.1) is 0 Å². The van der Waals surface area contributed by atoms with Crippen LogP contribution in [-0.4, -0.2) is 33.8 Å². The molecule has 0 aliphatic heterocycles. The molecule has 1 atom stereocenters. The van der Waals surface area contributed by atoms with Crippen LogP contribution in [0.3, 0.4) is 0 Å². The summed E-state index contributed by atoms with van der Waals surface area (Å²) in [6.07, 6.45) is 0. The molecule has 0 N–H and O–H groups in total. The molecule has 102 valence electrons. The minimum absolute atomic E-state index is 0.214. The van der Waals surface area contributed by atoms with Gasteiger partial charge in [0.2, 0.25) is 10.0 Å². The normalized spacial score (nSPS) is 12.3. The van der Waals surface area contributed by atoms with Gasteiger partial charge in [0.25, 0.3) is 0 Å². The summed E-state index contributed by atoms with van der Waals surface area (Å²) in [5.41, 5.74) is 0.436. The Kier molecular flexibility index (Phi) is 4.51. The van der Waals surface area contributed by atoms with Crippen LogP contribution in [0.1, 0.15) is 12.5 Å². The van der Waals surface area contributed by atoms with Gasteiger partial charge in [-0.2, -0.15) is 5.26 Å². The van der Waals surface area contributed by atoms with E-state index in [0.717, 1.165) is 11.4 Å². The molecule has 1 rings (SSSR count). The maximum atomic E-state index is 12.2. The number of rotatable bonds is 4. The zero-order chi connectivity index (χ0) is 14.6. The van der Waals surface area contributed by atoms with E-state index in [1.165, 1.54) is 26.1 Å². The van der Waals surface area contributed by atoms with Crippen molar-refractivity contribution >= 4 is 21.7 Å². The summed E-state index contributed by atoms with van der Waals surface area (Å²) in [4.78, 5) is 11.4. The lowest BCUT2D eigenvalue weighted by molar-refractivity contribution is -0.139. The second kappa shape index (κ2) is 5.71. The first-order valence-electron chi connectivity index (χ1n) is 5.41. The zero-order valence-corrected chi connectivity index (χ0v) is 11.6. The average Bonchev–Trinajstić information content (AvgIpc) is 2.44. The van der Waals surface area contributed by atoms with E-state index in [1.807, 2.05) is 6.07 Å². The second-order valence-corrected chi connectivity index (χ2v) is 6.09. The molecule has 0 radical (unpaired) electrons. The van der Waals surface area contributed by atoms with Crippen molar-refractivity contribution in [3.8, 4) is 6.07 Å². The van der Waals surface area contributed by atoms with Gasteiger partial charge in [-0.1, -0.05) is 12.1 Å². The first-order chi connectivity index (χ1) is 8.86. The SMILES string of the molecule is COC(=O)C(C)S(=O)(=O)N(C)c1ccccc1C#N. The fourth-order valence-corrected chi connectivity index (χ4v) is 2.75. The quantitative estimate of drug-likeness (QED) is 0.765. The lowest BCUT2D eigenvalue weighted by Crippen LogP contribution is -2.39. The minimum Gasteiger partial charge on any atom is -0.468 e. The molecule has 7 heteroatoms. The average molecular weight is 282 g/mol. The fourth-order valence-electron chi connectivity index (χ4n) is 1.50. The Labute approximate surface area is 112 Å². The molecule has 0 bridgehead atoms. The smallest absolute Gasteiger partial charge is 0.325 e. The molecule has 0 aliphatic carbocycles. The number of nitriles is 1. The maximum absolute atomic E-state index is 12.2. The van der Waals surface area contributed by atoms with Crippen LogP contribution in [0.15, 0.2) is 24.3 Å². The topological polar surface area (TPSA) is 87.5 Å². The number of methoxy groups -OCH3 is 1. The van der Waals surface area contributed by atoms with E-state index < -0.39 is 21.2 Å². The number of ether oxygens (including phenoxy) is 1. The van der Waals surface area contributed by atoms with Crippen molar-refractivity contribution in [2.75, 3.05) is 18.5 Å². The number of hydrogen-bond donors (Lipinski definition) is 0. The summed E-state index contributed by atoms with van der Waals surface area (Å²) in [5, 5.41) is 7.63. The van der Waals surface area contributed by atoms with E-state index in [2.05, 4.69) is 4.74 Å². The maximum Gasteiger partial charge on any atom is 0.325 e. The third-order valence-electron chi connectivity index (χ3n) is 2.73. The Morgan fingerprint density at radius 1 is 1.42 bits per heavy atom. The summed E-state index contributed by atoms with van der Waals surface area (Å²) in [5.74, 6) is -0.846. The molecule has 1 aromatic rings. The number of sulfonamides is 1. The second-order valence-electron chi connectivity index (χ2n) is 3.81. The van der Waals surface area contributed by atoms with Crippen LogP contribution in [0.25, 0.3) is 0 Å². The Morgan fingerprint density at radius 2 is 2.00 bits per heavy atom. The third kappa shape index (κ3) is 2.85. The van der Waals surface area contributed by atoms with E-state index in [1.54, 1.807) is 12.1 Å². The minimum atomic E-state index is -3.93. The molecule has 1 unspecified atom stereocenters. The highest BCUT2D eigenvalue weighted by Crippen LogP contribution is 2.23. The van der Waals surface area contributed by atoms with E-state index in [4.69, 9.17) is 5.26 Å². The standard InChI is InChI=1S/C12H14N2O4S/c1-9(12(15)18-3)19(16,17)14(2)11-7-5-4-6-10(11)8-13/h4-7,9H,1-3H3. The van der Waals surface area contributed by atoms with E-state index in [9.17, 15) is 13.2 Å². The lowest BCUT2D eigenvalue weighted by atomic mass is 10.2. The molecule has 6 nitrogen and oxygen atoms in total. The van der Waals surface area contributed by atoms with Crippen LogP contribution in [0, 0.1) is 11.3 Å². The van der Waals surface area contributed by atoms with Crippen molar-refractivity contribution in [2.45, 2.75) is 12.2 Å². The van der Waals surface area contributed by atoms with Gasteiger partial charge < -0.3 is 4.74 Å². The van der Waals surface area contributed by atoms with E-state index >= 15 is 0 Å². The molecule has 0 spiro atoms. The van der Waals surface area contributed by atoms with E-state index in [-0.39, 0.29) is 11.3 Å². The van der Waals surface area contributed by atoms with Gasteiger partial charge in [0.1, 0.15) is 6.07 Å². The largest absolute Gasteiger partial charge is 0.468 e. The molecule has 0 aliphatic rings. The molecule has 0 heterocycles. The van der Waals surface area contributed by atoms with Gasteiger partial charge in [-0.3, -0.25) is 9.10 Å². The van der Waals surface area contributed by atoms with Crippen molar-refractivity contribution in [1.82, 2.24) is 0 Å². The Hall–Kier alpha value is -2.07. The first kappa shape index (κ1) is 15.0. The lowest BCUT2D eigenvalue weighted by Gasteiger charge is -2.23. The van der Waals surface area contributed by atoms with Gasteiger partial charge >= 0.3 is 5.97 Å². The number of nitrogens with zero attached hydrogens (tertiary/aromatic N) is 2. The van der Waals surface area contributed by atoms with Gasteiger partial charge in [-0.25, -0.2) is 8.42 Å². The highest BCUT2D eigenvalue weighted by molar-refractivity contribution is 7.94. The van der Waals surface area contributed by atoms with Crippen LogP contribution in [0.2, 0.25) is 0 Å². The van der Waals surface area contributed by atoms with Gasteiger partial charge in [0, 0.05) is 7.05 Å². The predicted molar refractivity (Wildman–Crippen MR) is 70.0 cm³/mol. The number of carbonyl (C=O) groups is 1. The molecule has 1 aromatic carbocycles. The van der Waals surface area contributed by atoms with Gasteiger partial charge in [-0.05, 0) is 19.1 Å². The predicted octanol–water partition coefficient (Wildman–Crippen LogP) is 0.886. The highest BCUT2D eigenvalue weighted by Gasteiger charge is 2.33. The molecule has 0 saturated heterocycles. The molecule has 0 amide bonds. The fraction of sp³-hybridized carbons (Fsp3) is 0.333. The molecule has 0 fully saturated rings. The van der Waals surface area contributed by atoms with Crippen molar-refractivity contribution < 1.29 is 17.9 Å². The highest BCUT2D eigenvalue weighted by atomic mass is 32.2. The molecule has 0 saturated carbocycles. The summed E-state index contributed by atoms with van der Waals surface area (Å²) in [6.45, 7) is 1.24.